The van der Waals surface area contributed by atoms with E-state index in [0.29, 0.717) is 11.8 Å². The zero-order valence-corrected chi connectivity index (χ0v) is 16.8. The highest BCUT2D eigenvalue weighted by Gasteiger charge is 2.26. The van der Waals surface area contributed by atoms with Gasteiger partial charge in [0.1, 0.15) is 11.5 Å². The first-order valence-electron chi connectivity index (χ1n) is 10.2. The van der Waals surface area contributed by atoms with Crippen LogP contribution in [0.2, 0.25) is 0 Å². The fourth-order valence-electron chi connectivity index (χ4n) is 3.99. The summed E-state index contributed by atoms with van der Waals surface area (Å²) in [6.07, 6.45) is 3.01. The summed E-state index contributed by atoms with van der Waals surface area (Å²) in [7, 11) is 1.60. The van der Waals surface area contributed by atoms with E-state index in [2.05, 4.69) is 40.1 Å². The number of aromatic hydroxyl groups is 1. The predicted molar refractivity (Wildman–Crippen MR) is 112 cm³/mol. The Kier molecular flexibility index (Phi) is 7.71. The van der Waals surface area contributed by atoms with Crippen LogP contribution in [0.1, 0.15) is 24.0 Å². The van der Waals surface area contributed by atoms with Crippen LogP contribution in [0.3, 0.4) is 0 Å². The minimum atomic E-state index is 0.210. The zero-order chi connectivity index (χ0) is 19.8. The second-order valence-corrected chi connectivity index (χ2v) is 7.52. The number of methoxy groups -OCH3 is 1. The fraction of sp³-hybridized carbons (Fsp3) is 0.478. The number of benzene rings is 2. The third kappa shape index (κ3) is 5.71. The summed E-state index contributed by atoms with van der Waals surface area (Å²) in [6.45, 7) is 4.87. The van der Waals surface area contributed by atoms with Gasteiger partial charge in [0.25, 0.3) is 0 Å². The van der Waals surface area contributed by atoms with Crippen molar-refractivity contribution in [3.63, 3.8) is 0 Å². The molecule has 3 rings (SSSR count). The van der Waals surface area contributed by atoms with Crippen LogP contribution >= 0.6 is 0 Å². The van der Waals surface area contributed by atoms with Gasteiger partial charge in [0.05, 0.1) is 7.11 Å². The molecule has 1 aliphatic rings. The Labute approximate surface area is 168 Å². The topological polar surface area (TPSA) is 56.2 Å². The Hall–Kier alpha value is -2.08. The van der Waals surface area contributed by atoms with Crippen molar-refractivity contribution in [2.45, 2.75) is 31.8 Å². The van der Waals surface area contributed by atoms with Crippen LogP contribution in [0.15, 0.2) is 48.5 Å². The van der Waals surface area contributed by atoms with Gasteiger partial charge in [-0.15, -0.1) is 0 Å². The Morgan fingerprint density at radius 1 is 1.11 bits per heavy atom. The summed E-state index contributed by atoms with van der Waals surface area (Å²) in [4.78, 5) is 4.89. The van der Waals surface area contributed by atoms with Crippen molar-refractivity contribution in [1.29, 1.82) is 0 Å². The average Bonchev–Trinajstić information content (AvgIpc) is 2.72. The molecule has 1 saturated heterocycles. The molecule has 0 aliphatic carbocycles. The summed E-state index contributed by atoms with van der Waals surface area (Å²) >= 11 is 0. The number of aliphatic hydroxyl groups excluding tert-OH is 1. The van der Waals surface area contributed by atoms with Crippen molar-refractivity contribution in [1.82, 2.24) is 9.80 Å². The molecule has 1 aliphatic heterocycles. The van der Waals surface area contributed by atoms with E-state index in [4.69, 9.17) is 4.74 Å². The quantitative estimate of drug-likeness (QED) is 0.696. The first kappa shape index (κ1) is 20.6. The second-order valence-electron chi connectivity index (χ2n) is 7.52. The molecule has 5 heteroatoms. The third-order valence-electron chi connectivity index (χ3n) is 5.59. The lowest BCUT2D eigenvalue weighted by atomic mass is 10.1. The van der Waals surface area contributed by atoms with Crippen LogP contribution in [-0.2, 0) is 13.0 Å². The molecule has 152 valence electrons. The largest absolute Gasteiger partial charge is 0.507 e. The lowest BCUT2D eigenvalue weighted by Crippen LogP contribution is -2.53. The minimum absolute atomic E-state index is 0.210. The highest BCUT2D eigenvalue weighted by atomic mass is 16.5. The van der Waals surface area contributed by atoms with E-state index < -0.39 is 0 Å². The van der Waals surface area contributed by atoms with Crippen molar-refractivity contribution in [3.05, 3.63) is 59.7 Å². The average molecular weight is 385 g/mol. The number of rotatable bonds is 9. The number of hydrogen-bond donors (Lipinski definition) is 2. The molecule has 28 heavy (non-hydrogen) atoms. The van der Waals surface area contributed by atoms with Gasteiger partial charge in [-0.1, -0.05) is 36.4 Å². The van der Waals surface area contributed by atoms with Gasteiger partial charge in [-0.25, -0.2) is 0 Å². The van der Waals surface area contributed by atoms with Crippen molar-refractivity contribution < 1.29 is 14.9 Å². The fourth-order valence-corrected chi connectivity index (χ4v) is 3.99. The lowest BCUT2D eigenvalue weighted by molar-refractivity contribution is 0.0543. The molecule has 0 aromatic heterocycles. The molecule has 5 nitrogen and oxygen atoms in total. The molecule has 1 atom stereocenters. The first-order valence-corrected chi connectivity index (χ1v) is 10.2. The van der Waals surface area contributed by atoms with Crippen molar-refractivity contribution in [3.8, 4) is 11.5 Å². The van der Waals surface area contributed by atoms with E-state index >= 15 is 0 Å². The third-order valence-corrected chi connectivity index (χ3v) is 5.59. The number of ether oxygens (including phenoxy) is 1. The highest BCUT2D eigenvalue weighted by molar-refractivity contribution is 5.39. The number of piperazine rings is 1. The Balaban J connectivity index is 1.53. The summed E-state index contributed by atoms with van der Waals surface area (Å²) in [5.74, 6) is 0.950. The minimum Gasteiger partial charge on any atom is -0.507 e. The molecular weight excluding hydrogens is 352 g/mol. The van der Waals surface area contributed by atoms with Crippen molar-refractivity contribution in [2.24, 2.45) is 0 Å². The number of aryl methyl sites for hydroxylation is 1. The normalized spacial score (nSPS) is 18.3. The van der Waals surface area contributed by atoms with Crippen molar-refractivity contribution >= 4 is 0 Å². The molecule has 0 spiro atoms. The Bertz CT molecular complexity index is 723. The number of aliphatic hydroxyl groups is 1. The zero-order valence-electron chi connectivity index (χ0n) is 16.8. The van der Waals surface area contributed by atoms with E-state index in [0.717, 1.165) is 57.5 Å². The number of phenols is 1. The standard InChI is InChI=1S/C23H32N2O3/c1-28-22-10-9-20(23(27)16-22)17-24-13-14-25(21(18-24)11-15-26)12-5-8-19-6-3-2-4-7-19/h2-4,6-7,9-10,16,21,26-27H,5,8,11-15,17-18H2,1H3/t21-/m0/s1. The summed E-state index contributed by atoms with van der Waals surface area (Å²) < 4.78 is 5.16. The van der Waals surface area contributed by atoms with Gasteiger partial charge < -0.3 is 14.9 Å². The summed E-state index contributed by atoms with van der Waals surface area (Å²) in [6, 6.07) is 16.5. The summed E-state index contributed by atoms with van der Waals surface area (Å²) in [5.41, 5.74) is 2.30. The van der Waals surface area contributed by atoms with E-state index in [-0.39, 0.29) is 12.4 Å². The molecular formula is C23H32N2O3. The van der Waals surface area contributed by atoms with Gasteiger partial charge in [-0.3, -0.25) is 9.80 Å². The van der Waals surface area contributed by atoms with Gasteiger partial charge >= 0.3 is 0 Å². The van der Waals surface area contributed by atoms with E-state index in [1.807, 2.05) is 12.1 Å². The van der Waals surface area contributed by atoms with E-state index in [1.165, 1.54) is 5.56 Å². The molecule has 1 heterocycles. The molecule has 0 radical (unpaired) electrons. The van der Waals surface area contributed by atoms with Crippen LogP contribution in [0.4, 0.5) is 0 Å². The maximum absolute atomic E-state index is 10.2. The van der Waals surface area contributed by atoms with Gasteiger partial charge in [0.15, 0.2) is 0 Å². The first-order chi connectivity index (χ1) is 13.7. The predicted octanol–water partition coefficient (Wildman–Crippen LogP) is 2.90. The van der Waals surface area contributed by atoms with Crippen LogP contribution in [-0.4, -0.2) is 66.0 Å². The molecule has 0 saturated carbocycles. The van der Waals surface area contributed by atoms with Crippen molar-refractivity contribution in [2.75, 3.05) is 39.9 Å². The highest BCUT2D eigenvalue weighted by Crippen LogP contribution is 2.26. The second kappa shape index (κ2) is 10.5. The molecule has 0 amide bonds. The molecule has 2 aromatic carbocycles. The number of hydrogen-bond acceptors (Lipinski definition) is 5. The number of nitrogens with zero attached hydrogens (tertiary/aromatic N) is 2. The Morgan fingerprint density at radius 3 is 2.64 bits per heavy atom. The summed E-state index contributed by atoms with van der Waals surface area (Å²) in [5, 5.41) is 19.8. The SMILES string of the molecule is COc1ccc(CN2CCN(CCCc3ccccc3)[C@@H](CCO)C2)c(O)c1. The molecule has 0 unspecified atom stereocenters. The smallest absolute Gasteiger partial charge is 0.123 e. The van der Waals surface area contributed by atoms with Gasteiger partial charge in [-0.2, -0.15) is 0 Å². The monoisotopic (exact) mass is 384 g/mol. The molecule has 1 fully saturated rings. The Morgan fingerprint density at radius 2 is 1.93 bits per heavy atom. The van der Waals surface area contributed by atoms with Crippen LogP contribution in [0.25, 0.3) is 0 Å². The molecule has 0 bridgehead atoms. The van der Waals surface area contributed by atoms with Gasteiger partial charge in [0.2, 0.25) is 0 Å². The number of phenolic OH excluding ortho intramolecular Hbond substituents is 1. The van der Waals surface area contributed by atoms with Gasteiger partial charge in [-0.05, 0) is 37.4 Å². The van der Waals surface area contributed by atoms with Gasteiger partial charge in [0, 0.05) is 50.5 Å². The van der Waals surface area contributed by atoms with Crippen LogP contribution in [0.5, 0.6) is 11.5 Å². The van der Waals surface area contributed by atoms with Crippen LogP contribution in [0, 0.1) is 0 Å². The lowest BCUT2D eigenvalue weighted by Gasteiger charge is -2.41. The van der Waals surface area contributed by atoms with E-state index in [9.17, 15) is 10.2 Å². The van der Waals surface area contributed by atoms with Crippen LogP contribution < -0.4 is 4.74 Å². The molecule has 2 aromatic rings. The maximum atomic E-state index is 10.2. The molecule has 2 N–H and O–H groups in total. The maximum Gasteiger partial charge on any atom is 0.123 e. The van der Waals surface area contributed by atoms with E-state index in [1.54, 1.807) is 13.2 Å².